The number of anilines is 1. The van der Waals surface area contributed by atoms with E-state index in [2.05, 4.69) is 5.32 Å². The molecule has 2 aromatic rings. The van der Waals surface area contributed by atoms with Crippen LogP contribution in [0.5, 0.6) is 0 Å². The molecule has 0 atom stereocenters. The molecule has 0 aromatic heterocycles. The largest absolute Gasteiger partial charge is 0.326 e. The minimum atomic E-state index is -0.414. The summed E-state index contributed by atoms with van der Waals surface area (Å²) in [5, 5.41) is 13.7. The van der Waals surface area contributed by atoms with Crippen LogP contribution < -0.4 is 5.32 Å². The molecule has 2 aromatic carbocycles. The lowest BCUT2D eigenvalue weighted by Gasteiger charge is -2.07. The van der Waals surface area contributed by atoms with Gasteiger partial charge in [-0.05, 0) is 36.1 Å². The molecule has 0 saturated heterocycles. The van der Waals surface area contributed by atoms with Gasteiger partial charge in [0, 0.05) is 23.7 Å². The summed E-state index contributed by atoms with van der Waals surface area (Å²) in [7, 11) is 0. The van der Waals surface area contributed by atoms with E-state index in [0.717, 1.165) is 29.7 Å². The summed E-state index contributed by atoms with van der Waals surface area (Å²) in [6.07, 6.45) is 1.91. The highest BCUT2D eigenvalue weighted by Gasteiger charge is 2.29. The van der Waals surface area contributed by atoms with Crippen LogP contribution in [0.2, 0.25) is 0 Å². The fourth-order valence-electron chi connectivity index (χ4n) is 2.17. The molecule has 3 rings (SSSR count). The number of non-ortho nitro benzene ring substituents is 1. The summed E-state index contributed by atoms with van der Waals surface area (Å²) in [4.78, 5) is 22.2. The Balaban J connectivity index is 1.86. The first-order valence-corrected chi connectivity index (χ1v) is 6.79. The zero-order valence-electron chi connectivity index (χ0n) is 11.3. The van der Waals surface area contributed by atoms with E-state index in [-0.39, 0.29) is 17.5 Å². The Kier molecular flexibility index (Phi) is 3.39. The highest BCUT2D eigenvalue weighted by Crippen LogP contribution is 2.31. The Morgan fingerprint density at radius 3 is 2.43 bits per heavy atom. The number of benzene rings is 2. The number of carbonyl (C=O) groups is 1. The number of nitro groups is 1. The maximum atomic E-state index is 11.8. The van der Waals surface area contributed by atoms with E-state index >= 15 is 0 Å². The van der Waals surface area contributed by atoms with E-state index in [1.807, 2.05) is 30.3 Å². The second kappa shape index (κ2) is 5.36. The van der Waals surface area contributed by atoms with Crippen LogP contribution >= 0.6 is 0 Å². The number of hydrogen-bond donors (Lipinski definition) is 1. The molecule has 5 heteroatoms. The summed E-state index contributed by atoms with van der Waals surface area (Å²) in [6, 6.07) is 13.8. The lowest BCUT2D eigenvalue weighted by molar-refractivity contribution is -0.384. The molecule has 1 saturated carbocycles. The van der Waals surface area contributed by atoms with E-state index < -0.39 is 4.92 Å². The van der Waals surface area contributed by atoms with Gasteiger partial charge in [0.1, 0.15) is 0 Å². The van der Waals surface area contributed by atoms with Crippen LogP contribution in [-0.2, 0) is 4.79 Å². The zero-order valence-corrected chi connectivity index (χ0v) is 11.3. The first-order valence-electron chi connectivity index (χ1n) is 6.79. The minimum absolute atomic E-state index is 0.0474. The van der Waals surface area contributed by atoms with Gasteiger partial charge in [-0.25, -0.2) is 0 Å². The van der Waals surface area contributed by atoms with Crippen molar-refractivity contribution in [2.75, 3.05) is 5.32 Å². The Morgan fingerprint density at radius 1 is 1.10 bits per heavy atom. The van der Waals surface area contributed by atoms with Crippen LogP contribution in [0.4, 0.5) is 11.4 Å². The van der Waals surface area contributed by atoms with Crippen molar-refractivity contribution < 1.29 is 9.72 Å². The van der Waals surface area contributed by atoms with E-state index in [1.165, 1.54) is 12.1 Å². The first-order chi connectivity index (χ1) is 10.1. The maximum absolute atomic E-state index is 11.8. The van der Waals surface area contributed by atoms with E-state index in [9.17, 15) is 14.9 Å². The standard InChI is InChI=1S/C16H14N2O3/c19-16(11-7-8-11)17-14-5-1-3-12(9-14)13-4-2-6-15(10-13)18(20)21/h1-6,9-11H,7-8H2,(H,17,19). The third kappa shape index (κ3) is 3.08. The average molecular weight is 282 g/mol. The van der Waals surface area contributed by atoms with Crippen LogP contribution in [0.15, 0.2) is 48.5 Å². The summed E-state index contributed by atoms with van der Waals surface area (Å²) in [6.45, 7) is 0. The Hall–Kier alpha value is -2.69. The Bertz CT molecular complexity index is 708. The molecular formula is C16H14N2O3. The lowest BCUT2D eigenvalue weighted by Crippen LogP contribution is -2.13. The van der Waals surface area contributed by atoms with Crippen molar-refractivity contribution in [3.63, 3.8) is 0 Å². The van der Waals surface area contributed by atoms with Gasteiger partial charge in [-0.2, -0.15) is 0 Å². The zero-order chi connectivity index (χ0) is 14.8. The fraction of sp³-hybridized carbons (Fsp3) is 0.188. The van der Waals surface area contributed by atoms with Gasteiger partial charge in [0.15, 0.2) is 0 Å². The Labute approximate surface area is 121 Å². The maximum Gasteiger partial charge on any atom is 0.270 e. The van der Waals surface area contributed by atoms with E-state index in [1.54, 1.807) is 6.07 Å². The monoisotopic (exact) mass is 282 g/mol. The highest BCUT2D eigenvalue weighted by molar-refractivity contribution is 5.94. The van der Waals surface area contributed by atoms with E-state index in [0.29, 0.717) is 0 Å². The van der Waals surface area contributed by atoms with Gasteiger partial charge in [-0.3, -0.25) is 14.9 Å². The third-order valence-electron chi connectivity index (χ3n) is 3.47. The van der Waals surface area contributed by atoms with Gasteiger partial charge in [0.25, 0.3) is 5.69 Å². The van der Waals surface area contributed by atoms with Crippen LogP contribution in [0.25, 0.3) is 11.1 Å². The number of amides is 1. The van der Waals surface area contributed by atoms with Gasteiger partial charge in [0.2, 0.25) is 5.91 Å². The molecule has 1 amide bonds. The SMILES string of the molecule is O=C(Nc1cccc(-c2cccc([N+](=O)[O-])c2)c1)C1CC1. The van der Waals surface area contributed by atoms with Crippen LogP contribution in [0.3, 0.4) is 0 Å². The van der Waals surface area contributed by atoms with Gasteiger partial charge >= 0.3 is 0 Å². The number of hydrogen-bond acceptors (Lipinski definition) is 3. The number of rotatable bonds is 4. The number of nitro benzene ring substituents is 1. The smallest absolute Gasteiger partial charge is 0.270 e. The quantitative estimate of drug-likeness (QED) is 0.687. The normalized spacial score (nSPS) is 13.7. The second-order valence-corrected chi connectivity index (χ2v) is 5.15. The summed E-state index contributed by atoms with van der Waals surface area (Å²) in [5.41, 5.74) is 2.37. The average Bonchev–Trinajstić information content (AvgIpc) is 3.32. The van der Waals surface area contributed by atoms with Crippen molar-refractivity contribution in [1.82, 2.24) is 0 Å². The first kappa shape index (κ1) is 13.3. The molecule has 5 nitrogen and oxygen atoms in total. The summed E-state index contributed by atoms with van der Waals surface area (Å²) >= 11 is 0. The molecule has 106 valence electrons. The molecule has 0 aliphatic heterocycles. The molecule has 21 heavy (non-hydrogen) atoms. The van der Waals surface area contributed by atoms with Gasteiger partial charge < -0.3 is 5.32 Å². The molecule has 1 aliphatic rings. The Morgan fingerprint density at radius 2 is 1.76 bits per heavy atom. The highest BCUT2D eigenvalue weighted by atomic mass is 16.6. The second-order valence-electron chi connectivity index (χ2n) is 5.15. The van der Waals surface area contributed by atoms with Crippen molar-refractivity contribution in [3.05, 3.63) is 58.6 Å². The van der Waals surface area contributed by atoms with Crippen molar-refractivity contribution in [2.45, 2.75) is 12.8 Å². The molecule has 0 radical (unpaired) electrons. The number of nitrogens with zero attached hydrogens (tertiary/aromatic N) is 1. The minimum Gasteiger partial charge on any atom is -0.326 e. The van der Waals surface area contributed by atoms with Gasteiger partial charge in [-0.15, -0.1) is 0 Å². The number of carbonyl (C=O) groups excluding carboxylic acids is 1. The number of nitrogens with one attached hydrogen (secondary N) is 1. The van der Waals surface area contributed by atoms with Gasteiger partial charge in [-0.1, -0.05) is 24.3 Å². The molecule has 0 spiro atoms. The predicted octanol–water partition coefficient (Wildman–Crippen LogP) is 3.61. The van der Waals surface area contributed by atoms with Crippen LogP contribution in [-0.4, -0.2) is 10.8 Å². The predicted molar refractivity (Wildman–Crippen MR) is 79.9 cm³/mol. The summed E-state index contributed by atoms with van der Waals surface area (Å²) in [5.74, 6) is 0.192. The van der Waals surface area contributed by atoms with Crippen molar-refractivity contribution in [2.24, 2.45) is 5.92 Å². The topological polar surface area (TPSA) is 72.2 Å². The van der Waals surface area contributed by atoms with Crippen molar-refractivity contribution in [3.8, 4) is 11.1 Å². The van der Waals surface area contributed by atoms with Gasteiger partial charge in [0.05, 0.1) is 4.92 Å². The van der Waals surface area contributed by atoms with Crippen molar-refractivity contribution >= 4 is 17.3 Å². The molecular weight excluding hydrogens is 268 g/mol. The fourth-order valence-corrected chi connectivity index (χ4v) is 2.17. The van der Waals surface area contributed by atoms with Crippen LogP contribution in [0.1, 0.15) is 12.8 Å². The summed E-state index contributed by atoms with van der Waals surface area (Å²) < 4.78 is 0. The van der Waals surface area contributed by atoms with E-state index in [4.69, 9.17) is 0 Å². The lowest BCUT2D eigenvalue weighted by atomic mass is 10.0. The molecule has 1 N–H and O–H groups in total. The van der Waals surface area contributed by atoms with Crippen LogP contribution in [0, 0.1) is 16.0 Å². The molecule has 1 aliphatic carbocycles. The molecule has 1 fully saturated rings. The molecule has 0 unspecified atom stereocenters. The molecule has 0 heterocycles. The van der Waals surface area contributed by atoms with Crippen molar-refractivity contribution in [1.29, 1.82) is 0 Å². The third-order valence-corrected chi connectivity index (χ3v) is 3.47. The molecule has 0 bridgehead atoms.